The lowest BCUT2D eigenvalue weighted by Crippen LogP contribution is -2.51. The molecule has 0 unspecified atom stereocenters. The van der Waals surface area contributed by atoms with Gasteiger partial charge in [0.25, 0.3) is 5.91 Å². The lowest BCUT2D eigenvalue weighted by Gasteiger charge is -2.32. The second-order valence-electron chi connectivity index (χ2n) is 11.8. The van der Waals surface area contributed by atoms with E-state index in [9.17, 15) is 23.6 Å². The molecule has 11 heteroatoms. The first-order chi connectivity index (χ1) is 20.2. The first-order valence-electron chi connectivity index (χ1n) is 14.7. The number of carbonyl (C=O) groups excluding carboxylic acids is 4. The van der Waals surface area contributed by atoms with Crippen LogP contribution in [0.4, 0.5) is 4.39 Å². The number of nitrogens with one attached hydrogen (secondary N) is 1. The molecule has 1 aromatic carbocycles. The number of carbonyl (C=O) groups is 4. The van der Waals surface area contributed by atoms with Crippen molar-refractivity contribution in [2.24, 2.45) is 5.92 Å². The molecule has 0 radical (unpaired) electrons. The fourth-order valence-electron chi connectivity index (χ4n) is 4.59. The molecule has 0 saturated heterocycles. The van der Waals surface area contributed by atoms with Crippen molar-refractivity contribution in [3.8, 4) is 0 Å². The molecule has 1 N–H and O–H groups in total. The van der Waals surface area contributed by atoms with Gasteiger partial charge in [-0.2, -0.15) is 0 Å². The average molecular weight is 607 g/mol. The molecule has 0 saturated carbocycles. The van der Waals surface area contributed by atoms with Gasteiger partial charge in [-0.15, -0.1) is 0 Å². The normalized spacial score (nSPS) is 16.3. The highest BCUT2D eigenvalue weighted by Crippen LogP contribution is 2.24. The summed E-state index contributed by atoms with van der Waals surface area (Å²) in [6.45, 7) is 8.66. The zero-order chi connectivity index (χ0) is 32.2. The van der Waals surface area contributed by atoms with Crippen molar-refractivity contribution >= 4 is 23.8 Å². The van der Waals surface area contributed by atoms with Gasteiger partial charge in [0.1, 0.15) is 24.4 Å². The lowest BCUT2D eigenvalue weighted by atomic mass is 9.99. The van der Waals surface area contributed by atoms with E-state index in [1.54, 1.807) is 19.2 Å². The molecular weight excluding hydrogens is 559 g/mol. The molecule has 0 fully saturated rings. The predicted octanol–water partition coefficient (Wildman–Crippen LogP) is 3.91. The summed E-state index contributed by atoms with van der Waals surface area (Å²) in [5.41, 5.74) is -0.265. The van der Waals surface area contributed by atoms with Crippen molar-refractivity contribution in [1.82, 2.24) is 10.2 Å². The Morgan fingerprint density at radius 1 is 1.05 bits per heavy atom. The third-order valence-electron chi connectivity index (χ3n) is 7.00. The van der Waals surface area contributed by atoms with Gasteiger partial charge in [0, 0.05) is 19.9 Å². The minimum atomic E-state index is -1.88. The standard InChI is InChI=1S/C32H47FN2O8/c1-21(2)17-25(34-6)29(37)42-22(3)28(36)35(7)26(19-32(4,5)33)30(38)43-27(18-23-13-15-40-16-14-23)31(39)41-20-24-11-9-8-10-12-24/h8-13,21-22,25-27,34H,14-20H2,1-7H3/t22-,25+,26+,27-/m1/s1. The minimum Gasteiger partial charge on any atom is -0.458 e. The molecule has 1 aromatic rings. The van der Waals surface area contributed by atoms with Gasteiger partial charge in [0.05, 0.1) is 13.2 Å². The maximum absolute atomic E-state index is 14.9. The van der Waals surface area contributed by atoms with Crippen molar-refractivity contribution < 1.29 is 42.5 Å². The molecule has 0 aliphatic carbocycles. The van der Waals surface area contributed by atoms with Crippen LogP contribution in [0.2, 0.25) is 0 Å². The molecule has 10 nitrogen and oxygen atoms in total. The van der Waals surface area contributed by atoms with Crippen LogP contribution in [0.25, 0.3) is 0 Å². The average Bonchev–Trinajstić information content (AvgIpc) is 2.96. The van der Waals surface area contributed by atoms with Crippen LogP contribution >= 0.6 is 0 Å². The number of hydrogen-bond acceptors (Lipinski definition) is 9. The molecule has 240 valence electrons. The molecule has 43 heavy (non-hydrogen) atoms. The minimum absolute atomic E-state index is 0.0253. The Balaban J connectivity index is 2.22. The van der Waals surface area contributed by atoms with Crippen LogP contribution in [0, 0.1) is 5.92 Å². The predicted molar refractivity (Wildman–Crippen MR) is 158 cm³/mol. The number of hydrogen-bond donors (Lipinski definition) is 1. The zero-order valence-corrected chi connectivity index (χ0v) is 26.4. The van der Waals surface area contributed by atoms with E-state index in [0.717, 1.165) is 16.0 Å². The van der Waals surface area contributed by atoms with Crippen LogP contribution in [0.5, 0.6) is 0 Å². The van der Waals surface area contributed by atoms with Gasteiger partial charge in [-0.05, 0) is 52.1 Å². The highest BCUT2D eigenvalue weighted by molar-refractivity contribution is 5.89. The SMILES string of the molecule is CN[C@@H](CC(C)C)C(=O)O[C@H](C)C(=O)N(C)[C@@H](CC(C)(C)F)C(=O)O[C@H](CC1=CCOCC1)C(=O)OCc1ccccc1. The van der Waals surface area contributed by atoms with Crippen molar-refractivity contribution in [2.75, 3.05) is 27.3 Å². The summed E-state index contributed by atoms with van der Waals surface area (Å²) in [6, 6.07) is 7.03. The van der Waals surface area contributed by atoms with Crippen LogP contribution < -0.4 is 5.32 Å². The third-order valence-corrected chi connectivity index (χ3v) is 7.00. The molecule has 1 amide bonds. The van der Waals surface area contributed by atoms with Crippen LogP contribution in [0.1, 0.15) is 65.9 Å². The van der Waals surface area contributed by atoms with Gasteiger partial charge < -0.3 is 29.2 Å². The first kappa shape index (κ1) is 35.9. The number of alkyl halides is 1. The summed E-state index contributed by atoms with van der Waals surface area (Å²) in [7, 11) is 2.94. The molecule has 1 aliphatic rings. The summed E-state index contributed by atoms with van der Waals surface area (Å²) >= 11 is 0. The van der Waals surface area contributed by atoms with Gasteiger partial charge in [0.15, 0.2) is 6.10 Å². The van der Waals surface area contributed by atoms with Crippen LogP contribution in [-0.2, 0) is 44.7 Å². The Morgan fingerprint density at radius 3 is 2.28 bits per heavy atom. The molecule has 0 aromatic heterocycles. The number of amides is 1. The van der Waals surface area contributed by atoms with E-state index < -0.39 is 60.2 Å². The first-order valence-corrected chi connectivity index (χ1v) is 14.7. The lowest BCUT2D eigenvalue weighted by molar-refractivity contribution is -0.175. The second kappa shape index (κ2) is 17.1. The number of ether oxygens (including phenoxy) is 4. The van der Waals surface area contributed by atoms with Gasteiger partial charge in [-0.1, -0.05) is 55.8 Å². The van der Waals surface area contributed by atoms with E-state index in [4.69, 9.17) is 18.9 Å². The Kier molecular flexibility index (Phi) is 14.3. The number of likely N-dealkylation sites (N-methyl/N-ethyl adjacent to an activating group) is 2. The summed E-state index contributed by atoms with van der Waals surface area (Å²) in [6.07, 6.45) is -0.0474. The molecule has 0 bridgehead atoms. The van der Waals surface area contributed by atoms with Gasteiger partial charge in [-0.25, -0.2) is 14.0 Å². The topological polar surface area (TPSA) is 120 Å². The van der Waals surface area contributed by atoms with Gasteiger partial charge >= 0.3 is 17.9 Å². The van der Waals surface area contributed by atoms with E-state index in [1.807, 2.05) is 38.1 Å². The second-order valence-corrected chi connectivity index (χ2v) is 11.8. The van der Waals surface area contributed by atoms with Crippen LogP contribution in [0.3, 0.4) is 0 Å². The maximum Gasteiger partial charge on any atom is 0.348 e. The van der Waals surface area contributed by atoms with Gasteiger partial charge in [-0.3, -0.25) is 9.59 Å². The van der Waals surface area contributed by atoms with E-state index in [1.165, 1.54) is 27.8 Å². The summed E-state index contributed by atoms with van der Waals surface area (Å²) in [5, 5.41) is 2.89. The molecule has 4 atom stereocenters. The largest absolute Gasteiger partial charge is 0.458 e. The number of esters is 3. The monoisotopic (exact) mass is 606 g/mol. The summed E-state index contributed by atoms with van der Waals surface area (Å²) in [4.78, 5) is 53.7. The van der Waals surface area contributed by atoms with Crippen molar-refractivity contribution in [3.63, 3.8) is 0 Å². The Hall–Kier alpha value is -3.31. The van der Waals surface area contributed by atoms with E-state index >= 15 is 0 Å². The van der Waals surface area contributed by atoms with Crippen LogP contribution in [-0.4, -0.2) is 86.0 Å². The Morgan fingerprint density at radius 2 is 1.72 bits per heavy atom. The van der Waals surface area contributed by atoms with E-state index in [2.05, 4.69) is 5.32 Å². The molecule has 2 rings (SSSR count). The smallest absolute Gasteiger partial charge is 0.348 e. The van der Waals surface area contributed by atoms with Crippen molar-refractivity contribution in [2.45, 2.75) is 96.9 Å². The maximum atomic E-state index is 14.9. The highest BCUT2D eigenvalue weighted by Gasteiger charge is 2.39. The number of benzene rings is 1. The molecule has 1 heterocycles. The van der Waals surface area contributed by atoms with Crippen molar-refractivity contribution in [1.29, 1.82) is 0 Å². The molecule has 1 aliphatic heterocycles. The molecular formula is C32H47FN2O8. The fraction of sp³-hybridized carbons (Fsp3) is 0.625. The van der Waals surface area contributed by atoms with Crippen LogP contribution in [0.15, 0.2) is 42.0 Å². The molecule has 0 spiro atoms. The number of nitrogens with zero attached hydrogens (tertiary/aromatic N) is 1. The number of halogens is 1. The quantitative estimate of drug-likeness (QED) is 0.170. The summed E-state index contributed by atoms with van der Waals surface area (Å²) < 4.78 is 36.8. The van der Waals surface area contributed by atoms with Crippen molar-refractivity contribution in [3.05, 3.63) is 47.5 Å². The van der Waals surface area contributed by atoms with Gasteiger partial charge in [0.2, 0.25) is 6.10 Å². The number of rotatable bonds is 16. The zero-order valence-electron chi connectivity index (χ0n) is 26.4. The van der Waals surface area contributed by atoms with E-state index in [-0.39, 0.29) is 18.9 Å². The third kappa shape index (κ3) is 12.4. The van der Waals surface area contributed by atoms with E-state index in [0.29, 0.717) is 26.1 Å². The summed E-state index contributed by atoms with van der Waals surface area (Å²) in [5.74, 6) is -2.85. The Labute approximate surface area is 254 Å². The fourth-order valence-corrected chi connectivity index (χ4v) is 4.59. The highest BCUT2D eigenvalue weighted by atomic mass is 19.1. The Bertz CT molecular complexity index is 1100.